The topological polar surface area (TPSA) is 41.6 Å². The van der Waals surface area contributed by atoms with Crippen LogP contribution in [0.4, 0.5) is 0 Å². The second kappa shape index (κ2) is 6.69. The standard InChI is InChI=1S/C17H26N2O2S/c1-11-9-19(10-12(2)21-11)7-6-18-17(20)15-8-14(15)16-5-4-13(3)22-16/h4-5,11-12,14-15H,6-10H2,1-3H3,(H,18,20)/t11-,12+,14-,15-/m1/s1. The Bertz CT molecular complexity index is 520. The molecule has 1 saturated carbocycles. The lowest BCUT2D eigenvalue weighted by atomic mass is 10.2. The van der Waals surface area contributed by atoms with Crippen LogP contribution in [-0.4, -0.2) is 49.2 Å². The predicted octanol–water partition coefficient (Wildman–Crippen LogP) is 2.39. The molecule has 2 aliphatic rings. The number of carbonyl (C=O) groups excluding carboxylic acids is 1. The zero-order valence-corrected chi connectivity index (χ0v) is 14.5. The summed E-state index contributed by atoms with van der Waals surface area (Å²) in [4.78, 5) is 17.3. The van der Waals surface area contributed by atoms with Crippen molar-refractivity contribution >= 4 is 17.2 Å². The van der Waals surface area contributed by atoms with E-state index in [9.17, 15) is 4.79 Å². The number of amides is 1. The van der Waals surface area contributed by atoms with E-state index in [2.05, 4.69) is 43.1 Å². The number of morpholine rings is 1. The minimum atomic E-state index is 0.195. The van der Waals surface area contributed by atoms with Gasteiger partial charge in [0, 0.05) is 47.8 Å². The van der Waals surface area contributed by atoms with Crippen molar-refractivity contribution in [2.75, 3.05) is 26.2 Å². The second-order valence-electron chi connectivity index (χ2n) is 6.71. The van der Waals surface area contributed by atoms with E-state index in [1.54, 1.807) is 0 Å². The van der Waals surface area contributed by atoms with Crippen LogP contribution in [-0.2, 0) is 9.53 Å². The number of nitrogens with one attached hydrogen (secondary N) is 1. The van der Waals surface area contributed by atoms with Crippen molar-refractivity contribution in [3.63, 3.8) is 0 Å². The van der Waals surface area contributed by atoms with E-state index >= 15 is 0 Å². The maximum Gasteiger partial charge on any atom is 0.223 e. The van der Waals surface area contributed by atoms with Crippen LogP contribution in [0.1, 0.15) is 35.9 Å². The number of rotatable bonds is 5. The molecule has 2 heterocycles. The Kier molecular flexibility index (Phi) is 4.85. The van der Waals surface area contributed by atoms with Crippen molar-refractivity contribution < 1.29 is 9.53 Å². The summed E-state index contributed by atoms with van der Waals surface area (Å²) in [6.07, 6.45) is 1.58. The van der Waals surface area contributed by atoms with Gasteiger partial charge in [-0.15, -0.1) is 11.3 Å². The molecule has 1 aliphatic heterocycles. The van der Waals surface area contributed by atoms with Crippen LogP contribution in [0.15, 0.2) is 12.1 Å². The first-order chi connectivity index (χ1) is 10.5. The van der Waals surface area contributed by atoms with Gasteiger partial charge >= 0.3 is 0 Å². The molecular weight excluding hydrogens is 296 g/mol. The Labute approximate surface area is 136 Å². The van der Waals surface area contributed by atoms with Crippen molar-refractivity contribution in [2.45, 2.75) is 45.3 Å². The van der Waals surface area contributed by atoms with Crippen molar-refractivity contribution in [1.29, 1.82) is 0 Å². The van der Waals surface area contributed by atoms with Crippen LogP contribution in [0, 0.1) is 12.8 Å². The van der Waals surface area contributed by atoms with Crippen molar-refractivity contribution in [3.05, 3.63) is 21.9 Å². The third-order valence-corrected chi connectivity index (χ3v) is 5.61. The molecule has 4 nitrogen and oxygen atoms in total. The van der Waals surface area contributed by atoms with Gasteiger partial charge in [-0.3, -0.25) is 9.69 Å². The third-order valence-electron chi connectivity index (χ3n) is 4.48. The summed E-state index contributed by atoms with van der Waals surface area (Å²) >= 11 is 1.82. The van der Waals surface area contributed by atoms with Gasteiger partial charge in [0.2, 0.25) is 5.91 Å². The van der Waals surface area contributed by atoms with E-state index in [0.29, 0.717) is 5.92 Å². The largest absolute Gasteiger partial charge is 0.373 e. The molecule has 0 bridgehead atoms. The summed E-state index contributed by atoms with van der Waals surface area (Å²) in [6.45, 7) is 9.92. The molecule has 4 atom stereocenters. The van der Waals surface area contributed by atoms with Gasteiger partial charge in [0.1, 0.15) is 0 Å². The molecule has 0 radical (unpaired) electrons. The Morgan fingerprint density at radius 2 is 2.09 bits per heavy atom. The monoisotopic (exact) mass is 322 g/mol. The molecular formula is C17H26N2O2S. The molecule has 2 fully saturated rings. The molecule has 122 valence electrons. The summed E-state index contributed by atoms with van der Waals surface area (Å²) in [7, 11) is 0. The molecule has 1 aliphatic carbocycles. The molecule has 0 aromatic carbocycles. The molecule has 1 saturated heterocycles. The number of thiophene rings is 1. The fourth-order valence-corrected chi connectivity index (χ4v) is 4.44. The highest BCUT2D eigenvalue weighted by atomic mass is 32.1. The van der Waals surface area contributed by atoms with Gasteiger partial charge in [0.05, 0.1) is 12.2 Å². The minimum Gasteiger partial charge on any atom is -0.373 e. The predicted molar refractivity (Wildman–Crippen MR) is 89.4 cm³/mol. The zero-order valence-electron chi connectivity index (χ0n) is 13.7. The number of ether oxygens (including phenoxy) is 1. The van der Waals surface area contributed by atoms with Gasteiger partial charge in [0.25, 0.3) is 0 Å². The average Bonchev–Trinajstić information content (AvgIpc) is 3.13. The normalized spacial score (nSPS) is 32.0. The van der Waals surface area contributed by atoms with Crippen LogP contribution < -0.4 is 5.32 Å². The molecule has 1 amide bonds. The molecule has 3 rings (SSSR count). The van der Waals surface area contributed by atoms with Crippen molar-refractivity contribution in [3.8, 4) is 0 Å². The fourth-order valence-electron chi connectivity index (χ4n) is 3.39. The van der Waals surface area contributed by atoms with Crippen LogP contribution >= 0.6 is 11.3 Å². The highest BCUT2D eigenvalue weighted by molar-refractivity contribution is 7.12. The van der Waals surface area contributed by atoms with Gasteiger partial charge < -0.3 is 10.1 Å². The van der Waals surface area contributed by atoms with E-state index < -0.39 is 0 Å². The highest BCUT2D eigenvalue weighted by Crippen LogP contribution is 2.49. The molecule has 0 spiro atoms. The molecule has 1 aromatic heterocycles. The smallest absolute Gasteiger partial charge is 0.223 e. The number of carbonyl (C=O) groups is 1. The molecule has 1 aromatic rings. The number of hydrogen-bond acceptors (Lipinski definition) is 4. The van der Waals surface area contributed by atoms with E-state index in [-0.39, 0.29) is 24.0 Å². The number of nitrogens with zero attached hydrogens (tertiary/aromatic N) is 1. The van der Waals surface area contributed by atoms with Gasteiger partial charge in [-0.1, -0.05) is 0 Å². The Morgan fingerprint density at radius 1 is 1.36 bits per heavy atom. The summed E-state index contributed by atoms with van der Waals surface area (Å²) in [5.41, 5.74) is 0. The molecule has 5 heteroatoms. The van der Waals surface area contributed by atoms with E-state index in [4.69, 9.17) is 4.74 Å². The molecule has 0 unspecified atom stereocenters. The van der Waals surface area contributed by atoms with Gasteiger partial charge in [0.15, 0.2) is 0 Å². The lowest BCUT2D eigenvalue weighted by Crippen LogP contribution is -2.48. The van der Waals surface area contributed by atoms with Gasteiger partial charge in [-0.25, -0.2) is 0 Å². The van der Waals surface area contributed by atoms with Crippen molar-refractivity contribution in [2.24, 2.45) is 5.92 Å². The second-order valence-corrected chi connectivity index (χ2v) is 8.02. The Morgan fingerprint density at radius 3 is 2.73 bits per heavy atom. The quantitative estimate of drug-likeness (QED) is 0.905. The van der Waals surface area contributed by atoms with Gasteiger partial charge in [-0.05, 0) is 39.3 Å². The van der Waals surface area contributed by atoms with Crippen molar-refractivity contribution in [1.82, 2.24) is 10.2 Å². The lowest BCUT2D eigenvalue weighted by molar-refractivity contribution is -0.122. The highest BCUT2D eigenvalue weighted by Gasteiger charge is 2.44. The van der Waals surface area contributed by atoms with Crippen LogP contribution in [0.5, 0.6) is 0 Å². The van der Waals surface area contributed by atoms with Crippen LogP contribution in [0.3, 0.4) is 0 Å². The number of aryl methyl sites for hydroxylation is 1. The molecule has 22 heavy (non-hydrogen) atoms. The number of hydrogen-bond donors (Lipinski definition) is 1. The SMILES string of the molecule is Cc1ccc([C@@H]2C[C@H]2C(=O)NCCN2C[C@@H](C)O[C@@H](C)C2)s1. The third kappa shape index (κ3) is 3.89. The first kappa shape index (κ1) is 16.0. The maximum atomic E-state index is 12.2. The van der Waals surface area contributed by atoms with E-state index in [1.807, 2.05) is 11.3 Å². The van der Waals surface area contributed by atoms with Crippen LogP contribution in [0.25, 0.3) is 0 Å². The first-order valence-corrected chi connectivity index (χ1v) is 9.06. The maximum absolute atomic E-state index is 12.2. The average molecular weight is 322 g/mol. The minimum absolute atomic E-state index is 0.195. The molecule has 1 N–H and O–H groups in total. The van der Waals surface area contributed by atoms with E-state index in [0.717, 1.165) is 32.6 Å². The lowest BCUT2D eigenvalue weighted by Gasteiger charge is -2.35. The Hall–Kier alpha value is -0.910. The summed E-state index contributed by atoms with van der Waals surface area (Å²) in [5, 5.41) is 3.11. The summed E-state index contributed by atoms with van der Waals surface area (Å²) in [6, 6.07) is 4.32. The summed E-state index contributed by atoms with van der Waals surface area (Å²) < 4.78 is 5.73. The van der Waals surface area contributed by atoms with Crippen LogP contribution in [0.2, 0.25) is 0 Å². The van der Waals surface area contributed by atoms with E-state index in [1.165, 1.54) is 9.75 Å². The Balaban J connectivity index is 1.38. The zero-order chi connectivity index (χ0) is 15.7. The summed E-state index contributed by atoms with van der Waals surface area (Å²) in [5.74, 6) is 0.883. The fraction of sp³-hybridized carbons (Fsp3) is 0.706. The first-order valence-electron chi connectivity index (χ1n) is 8.25. The van der Waals surface area contributed by atoms with Gasteiger partial charge in [-0.2, -0.15) is 0 Å².